The highest BCUT2D eigenvalue weighted by molar-refractivity contribution is 5.69. The van der Waals surface area contributed by atoms with Crippen LogP contribution in [-0.4, -0.2) is 54.1 Å². The molecule has 1 aromatic rings. The molecule has 2 rings (SSSR count). The van der Waals surface area contributed by atoms with Crippen molar-refractivity contribution in [2.45, 2.75) is 25.8 Å². The molecule has 1 atom stereocenters. The van der Waals surface area contributed by atoms with Crippen LogP contribution in [0.4, 0.5) is 0 Å². The third kappa shape index (κ3) is 3.27. The Bertz CT molecular complexity index is 467. The number of rotatable bonds is 5. The zero-order valence-electron chi connectivity index (χ0n) is 13.2. The Balaban J connectivity index is 2.43. The molecule has 0 aliphatic carbocycles. The average Bonchev–Trinajstić information content (AvgIpc) is 2.46. The summed E-state index contributed by atoms with van der Waals surface area (Å²) in [5.41, 5.74) is 0.695. The van der Waals surface area contributed by atoms with Gasteiger partial charge in [-0.2, -0.15) is 0 Å². The first-order valence-electron chi connectivity index (χ1n) is 7.67. The fourth-order valence-electron chi connectivity index (χ4n) is 3.46. The van der Waals surface area contributed by atoms with Crippen molar-refractivity contribution in [3.63, 3.8) is 0 Å². The summed E-state index contributed by atoms with van der Waals surface area (Å²) in [5.74, 6) is -0.495. The number of likely N-dealkylation sites (N-methyl/N-ethyl adjacent to an activating group) is 1. The second kappa shape index (κ2) is 6.58. The maximum Gasteiger partial charge on any atom is 0.305 e. The fraction of sp³-hybridized carbons (Fsp3) is 0.588. The third-order valence-electron chi connectivity index (χ3n) is 4.72. The van der Waals surface area contributed by atoms with Crippen molar-refractivity contribution >= 4 is 5.97 Å². The van der Waals surface area contributed by atoms with Crippen molar-refractivity contribution in [1.29, 1.82) is 0 Å². The molecule has 0 radical (unpaired) electrons. The zero-order chi connectivity index (χ0) is 15.5. The van der Waals surface area contributed by atoms with Gasteiger partial charge in [0.15, 0.2) is 0 Å². The number of piperazine rings is 1. The van der Waals surface area contributed by atoms with Crippen LogP contribution >= 0.6 is 0 Å². The number of hydrogen-bond acceptors (Lipinski definition) is 3. The average molecular weight is 290 g/mol. The van der Waals surface area contributed by atoms with E-state index in [-0.39, 0.29) is 12.3 Å². The minimum absolute atomic E-state index is 0.151. The molecule has 0 saturated carbocycles. The Morgan fingerprint density at radius 1 is 1.19 bits per heavy atom. The predicted octanol–water partition coefficient (Wildman–Crippen LogP) is 2.26. The number of nitrogens with zero attached hydrogens (tertiary/aromatic N) is 2. The van der Waals surface area contributed by atoms with Crippen molar-refractivity contribution < 1.29 is 9.90 Å². The number of carboxylic acid groups (broad SMARTS) is 1. The lowest BCUT2D eigenvalue weighted by molar-refractivity contribution is -0.142. The van der Waals surface area contributed by atoms with E-state index in [4.69, 9.17) is 0 Å². The van der Waals surface area contributed by atoms with E-state index in [1.165, 1.54) is 0 Å². The van der Waals surface area contributed by atoms with Gasteiger partial charge in [-0.05, 0) is 18.5 Å². The van der Waals surface area contributed by atoms with Crippen molar-refractivity contribution in [1.82, 2.24) is 9.80 Å². The second-order valence-electron chi connectivity index (χ2n) is 6.31. The van der Waals surface area contributed by atoms with Gasteiger partial charge in [-0.25, -0.2) is 0 Å². The van der Waals surface area contributed by atoms with Crippen LogP contribution in [0.25, 0.3) is 0 Å². The Hall–Kier alpha value is -1.39. The van der Waals surface area contributed by atoms with Crippen LogP contribution in [0.3, 0.4) is 0 Å². The maximum absolute atomic E-state index is 11.6. The van der Waals surface area contributed by atoms with Crippen LogP contribution in [0.1, 0.15) is 25.8 Å². The highest BCUT2D eigenvalue weighted by Gasteiger charge is 2.43. The first kappa shape index (κ1) is 16.0. The van der Waals surface area contributed by atoms with Crippen molar-refractivity contribution in [2.75, 3.05) is 33.2 Å². The van der Waals surface area contributed by atoms with Crippen LogP contribution in [0.2, 0.25) is 0 Å². The van der Waals surface area contributed by atoms with E-state index >= 15 is 0 Å². The SMILES string of the molecule is CC(C)C(CC(=O)O)(c1ccccc1)N1CCN(C)CC1. The summed E-state index contributed by atoms with van der Waals surface area (Å²) in [5, 5.41) is 9.50. The molecule has 4 nitrogen and oxygen atoms in total. The Kier molecular flexibility index (Phi) is 5.01. The normalized spacial score (nSPS) is 20.4. The number of carbonyl (C=O) groups is 1. The number of benzene rings is 1. The molecule has 116 valence electrons. The molecule has 1 aromatic carbocycles. The molecule has 1 fully saturated rings. The lowest BCUT2D eigenvalue weighted by Gasteiger charge is -2.49. The smallest absolute Gasteiger partial charge is 0.305 e. The minimum Gasteiger partial charge on any atom is -0.481 e. The first-order chi connectivity index (χ1) is 9.96. The predicted molar refractivity (Wildman–Crippen MR) is 84.3 cm³/mol. The van der Waals surface area contributed by atoms with Crippen LogP contribution in [0.15, 0.2) is 30.3 Å². The molecule has 0 bridgehead atoms. The molecule has 4 heteroatoms. The van der Waals surface area contributed by atoms with E-state index in [1.54, 1.807) is 0 Å². The Morgan fingerprint density at radius 3 is 2.24 bits per heavy atom. The summed E-state index contributed by atoms with van der Waals surface area (Å²) >= 11 is 0. The van der Waals surface area contributed by atoms with E-state index in [2.05, 4.69) is 42.8 Å². The van der Waals surface area contributed by atoms with E-state index in [1.807, 2.05) is 18.2 Å². The van der Waals surface area contributed by atoms with E-state index in [0.717, 1.165) is 31.7 Å². The van der Waals surface area contributed by atoms with E-state index < -0.39 is 11.5 Å². The van der Waals surface area contributed by atoms with Gasteiger partial charge in [0, 0.05) is 26.2 Å². The molecule has 1 heterocycles. The van der Waals surface area contributed by atoms with Crippen molar-refractivity contribution in [3.8, 4) is 0 Å². The molecular formula is C17H26N2O2. The highest BCUT2D eigenvalue weighted by atomic mass is 16.4. The second-order valence-corrected chi connectivity index (χ2v) is 6.31. The van der Waals surface area contributed by atoms with Crippen LogP contribution in [0, 0.1) is 5.92 Å². The monoisotopic (exact) mass is 290 g/mol. The lowest BCUT2D eigenvalue weighted by Crippen LogP contribution is -2.57. The topological polar surface area (TPSA) is 43.8 Å². The van der Waals surface area contributed by atoms with Gasteiger partial charge in [-0.3, -0.25) is 9.69 Å². The molecular weight excluding hydrogens is 264 g/mol. The van der Waals surface area contributed by atoms with Gasteiger partial charge < -0.3 is 10.0 Å². The fourth-order valence-corrected chi connectivity index (χ4v) is 3.46. The summed E-state index contributed by atoms with van der Waals surface area (Å²) in [4.78, 5) is 16.2. The van der Waals surface area contributed by atoms with Crippen LogP contribution < -0.4 is 0 Å². The Morgan fingerprint density at radius 2 is 1.76 bits per heavy atom. The summed E-state index contributed by atoms with van der Waals surface area (Å²) in [7, 11) is 2.12. The van der Waals surface area contributed by atoms with Gasteiger partial charge in [0.1, 0.15) is 0 Å². The largest absolute Gasteiger partial charge is 0.481 e. The quantitative estimate of drug-likeness (QED) is 0.903. The molecule has 1 unspecified atom stereocenters. The van der Waals surface area contributed by atoms with Gasteiger partial charge >= 0.3 is 5.97 Å². The summed E-state index contributed by atoms with van der Waals surface area (Å²) in [6.45, 7) is 8.07. The maximum atomic E-state index is 11.6. The molecule has 1 aliphatic rings. The molecule has 1 aliphatic heterocycles. The molecule has 0 spiro atoms. The number of aliphatic carboxylic acids is 1. The summed E-state index contributed by atoms with van der Waals surface area (Å²) in [6.07, 6.45) is 0.151. The van der Waals surface area contributed by atoms with Crippen molar-refractivity contribution in [3.05, 3.63) is 35.9 Å². The number of hydrogen-bond donors (Lipinski definition) is 1. The summed E-state index contributed by atoms with van der Waals surface area (Å²) < 4.78 is 0. The third-order valence-corrected chi connectivity index (χ3v) is 4.72. The van der Waals surface area contributed by atoms with Gasteiger partial charge in [0.2, 0.25) is 0 Å². The van der Waals surface area contributed by atoms with Crippen LogP contribution in [-0.2, 0) is 10.3 Å². The van der Waals surface area contributed by atoms with Gasteiger partial charge in [-0.15, -0.1) is 0 Å². The molecule has 1 saturated heterocycles. The van der Waals surface area contributed by atoms with Gasteiger partial charge in [-0.1, -0.05) is 44.2 Å². The van der Waals surface area contributed by atoms with Gasteiger partial charge in [0.25, 0.3) is 0 Å². The van der Waals surface area contributed by atoms with Gasteiger partial charge in [0.05, 0.1) is 12.0 Å². The highest BCUT2D eigenvalue weighted by Crippen LogP contribution is 2.40. The molecule has 0 amide bonds. The van der Waals surface area contributed by atoms with E-state index in [9.17, 15) is 9.90 Å². The molecule has 1 N–H and O–H groups in total. The standard InChI is InChI=1S/C17H26N2O2/c1-14(2)17(13-16(20)21,15-7-5-4-6-8-15)19-11-9-18(3)10-12-19/h4-8,14H,9-13H2,1-3H3,(H,20,21). The summed E-state index contributed by atoms with van der Waals surface area (Å²) in [6, 6.07) is 10.1. The zero-order valence-corrected chi connectivity index (χ0v) is 13.2. The van der Waals surface area contributed by atoms with Crippen LogP contribution in [0.5, 0.6) is 0 Å². The van der Waals surface area contributed by atoms with Crippen molar-refractivity contribution in [2.24, 2.45) is 5.92 Å². The first-order valence-corrected chi connectivity index (χ1v) is 7.67. The van der Waals surface area contributed by atoms with E-state index in [0.29, 0.717) is 0 Å². The molecule has 0 aromatic heterocycles. The lowest BCUT2D eigenvalue weighted by atomic mass is 9.75. The molecule has 21 heavy (non-hydrogen) atoms. The Labute approximate surface area is 127 Å². The number of carboxylic acids is 1. The minimum atomic E-state index is -0.730.